The van der Waals surface area contributed by atoms with E-state index >= 15 is 0 Å². The number of nitrogens with zero attached hydrogens (tertiary/aromatic N) is 5. The molecule has 8 heteroatoms. The zero-order valence-corrected chi connectivity index (χ0v) is 19.6. The fourth-order valence-corrected chi connectivity index (χ4v) is 5.57. The third-order valence-corrected chi connectivity index (χ3v) is 7.13. The molecule has 0 amide bonds. The lowest BCUT2D eigenvalue weighted by atomic mass is 9.69. The van der Waals surface area contributed by atoms with Crippen molar-refractivity contribution in [3.05, 3.63) is 105 Å². The summed E-state index contributed by atoms with van der Waals surface area (Å²) in [5.41, 5.74) is 2.06. The average molecular weight is 476 g/mol. The number of nitro benzene ring substituents is 1. The van der Waals surface area contributed by atoms with Crippen molar-refractivity contribution < 1.29 is 9.72 Å². The second kappa shape index (κ2) is 8.44. The first-order valence-electron chi connectivity index (χ1n) is 11.4. The summed E-state index contributed by atoms with van der Waals surface area (Å²) < 4.78 is 0. The van der Waals surface area contributed by atoms with Crippen LogP contribution in [0.4, 0.5) is 11.4 Å². The summed E-state index contributed by atoms with van der Waals surface area (Å²) >= 11 is 0. The van der Waals surface area contributed by atoms with Crippen molar-refractivity contribution in [1.82, 2.24) is 4.98 Å². The molecule has 1 fully saturated rings. The lowest BCUT2D eigenvalue weighted by molar-refractivity contribution is -0.384. The highest BCUT2D eigenvalue weighted by molar-refractivity contribution is 6.05. The summed E-state index contributed by atoms with van der Waals surface area (Å²) in [6.07, 6.45) is 5.14. The molecule has 2 aromatic carbocycles. The number of anilines is 1. The normalized spacial score (nSPS) is 21.1. The number of non-ortho nitro benzene ring substituents is 1. The van der Waals surface area contributed by atoms with E-state index in [9.17, 15) is 25.4 Å². The van der Waals surface area contributed by atoms with Crippen molar-refractivity contribution in [3.63, 3.8) is 0 Å². The van der Waals surface area contributed by atoms with Gasteiger partial charge in [0, 0.05) is 29.8 Å². The summed E-state index contributed by atoms with van der Waals surface area (Å²) in [5.74, 6) is -1.21. The van der Waals surface area contributed by atoms with Crippen molar-refractivity contribution in [2.24, 2.45) is 5.41 Å². The molecule has 0 saturated carbocycles. The summed E-state index contributed by atoms with van der Waals surface area (Å²) in [4.78, 5) is 31.6. The van der Waals surface area contributed by atoms with Crippen molar-refractivity contribution in [2.45, 2.75) is 31.8 Å². The van der Waals surface area contributed by atoms with Crippen LogP contribution < -0.4 is 4.90 Å². The highest BCUT2D eigenvalue weighted by atomic mass is 16.6. The fourth-order valence-electron chi connectivity index (χ4n) is 5.57. The Bertz CT molecular complexity index is 1520. The van der Waals surface area contributed by atoms with E-state index in [1.807, 2.05) is 32.0 Å². The molecule has 36 heavy (non-hydrogen) atoms. The van der Waals surface area contributed by atoms with Gasteiger partial charge in [-0.3, -0.25) is 19.9 Å². The van der Waals surface area contributed by atoms with Gasteiger partial charge in [-0.25, -0.2) is 0 Å². The van der Waals surface area contributed by atoms with Gasteiger partial charge in [-0.2, -0.15) is 10.5 Å². The van der Waals surface area contributed by atoms with Gasteiger partial charge in [-0.05, 0) is 43.2 Å². The van der Waals surface area contributed by atoms with Crippen LogP contribution in [0.2, 0.25) is 0 Å². The van der Waals surface area contributed by atoms with Crippen LogP contribution in [0.15, 0.2) is 66.9 Å². The SMILES string of the molecule is Cc1ccc(C(=O)[C@@H]2[C@@H](c3cccc([N+](=O)[O-])c3)C(C#N)(C#N)[C@@H]3C=Cc4ncccc4N23)c(C)c1. The van der Waals surface area contributed by atoms with Crippen molar-refractivity contribution in [1.29, 1.82) is 10.5 Å². The van der Waals surface area contributed by atoms with Crippen LogP contribution in [0.1, 0.15) is 38.7 Å². The molecule has 5 rings (SSSR count). The first-order chi connectivity index (χ1) is 17.3. The molecule has 3 atom stereocenters. The molecule has 2 aliphatic rings. The monoisotopic (exact) mass is 475 g/mol. The summed E-state index contributed by atoms with van der Waals surface area (Å²) in [7, 11) is 0. The minimum atomic E-state index is -1.68. The molecule has 3 heterocycles. The largest absolute Gasteiger partial charge is 0.349 e. The Hall–Kier alpha value is -4.82. The number of fused-ring (bicyclic) bond motifs is 3. The number of carbonyl (C=O) groups excluding carboxylic acids is 1. The van der Waals surface area contributed by atoms with E-state index in [1.54, 1.807) is 41.4 Å². The molecule has 1 aromatic heterocycles. The van der Waals surface area contributed by atoms with Crippen molar-refractivity contribution in [3.8, 4) is 12.1 Å². The van der Waals surface area contributed by atoms with Crippen molar-refractivity contribution in [2.75, 3.05) is 4.90 Å². The molecule has 1 saturated heterocycles. The minimum Gasteiger partial charge on any atom is -0.349 e. The molecule has 0 aliphatic carbocycles. The number of ketones is 1. The van der Waals surface area contributed by atoms with E-state index in [0.29, 0.717) is 22.5 Å². The van der Waals surface area contributed by atoms with Crippen LogP contribution in [0.25, 0.3) is 6.08 Å². The average Bonchev–Trinajstić information content (AvgIpc) is 3.19. The van der Waals surface area contributed by atoms with E-state index in [1.165, 1.54) is 18.2 Å². The molecule has 0 N–H and O–H groups in total. The molecule has 0 spiro atoms. The number of hydrogen-bond donors (Lipinski definition) is 0. The first-order valence-corrected chi connectivity index (χ1v) is 11.4. The molecule has 0 radical (unpaired) electrons. The van der Waals surface area contributed by atoms with Crippen LogP contribution in [0.3, 0.4) is 0 Å². The highest BCUT2D eigenvalue weighted by Gasteiger charge is 2.63. The van der Waals surface area contributed by atoms with Gasteiger partial charge in [0.2, 0.25) is 0 Å². The first kappa shape index (κ1) is 22.9. The number of nitro groups is 1. The zero-order chi connectivity index (χ0) is 25.6. The number of benzene rings is 2. The van der Waals surface area contributed by atoms with Gasteiger partial charge in [0.25, 0.3) is 5.69 Å². The van der Waals surface area contributed by atoms with Crippen molar-refractivity contribution >= 4 is 23.2 Å². The predicted octanol–water partition coefficient (Wildman–Crippen LogP) is 4.89. The topological polar surface area (TPSA) is 124 Å². The number of aromatic nitrogens is 1. The molecular formula is C28H21N5O3. The molecule has 3 aromatic rings. The number of aryl methyl sites for hydroxylation is 2. The van der Waals surface area contributed by atoms with E-state index in [0.717, 1.165) is 11.1 Å². The highest BCUT2D eigenvalue weighted by Crippen LogP contribution is 2.55. The predicted molar refractivity (Wildman–Crippen MR) is 133 cm³/mol. The number of Topliss-reactive ketones (excluding diaryl/α,β-unsaturated/α-hetero) is 1. The Morgan fingerprint density at radius 1 is 1.11 bits per heavy atom. The lowest BCUT2D eigenvalue weighted by Gasteiger charge is -2.35. The molecule has 2 aliphatic heterocycles. The smallest absolute Gasteiger partial charge is 0.269 e. The molecule has 8 nitrogen and oxygen atoms in total. The maximum atomic E-state index is 14.3. The summed E-state index contributed by atoms with van der Waals surface area (Å²) in [6.45, 7) is 3.79. The van der Waals surface area contributed by atoms with Gasteiger partial charge in [0.1, 0.15) is 6.04 Å². The van der Waals surface area contributed by atoms with Crippen LogP contribution in [0.5, 0.6) is 0 Å². The summed E-state index contributed by atoms with van der Waals surface area (Å²) in [6, 6.07) is 17.7. The third-order valence-electron chi connectivity index (χ3n) is 7.13. The third kappa shape index (κ3) is 3.27. The van der Waals surface area contributed by atoms with E-state index < -0.39 is 28.3 Å². The van der Waals surface area contributed by atoms with Crippen LogP contribution in [-0.2, 0) is 0 Å². The van der Waals surface area contributed by atoms with Gasteiger partial charge in [-0.15, -0.1) is 0 Å². The Kier molecular flexibility index (Phi) is 5.38. The standard InChI is InChI=1S/C28H21N5O3/c1-17-8-9-21(18(2)13-17)27(34)26-25(19-5-3-6-20(14-19)33(35)36)28(15-29,16-30)24-11-10-22-23(32(24)26)7-4-12-31-22/h3-14,24-26H,1-2H3/t24-,25+,26-/m0/s1. The van der Waals surface area contributed by atoms with E-state index in [2.05, 4.69) is 17.1 Å². The number of hydrogen-bond acceptors (Lipinski definition) is 7. The second-order valence-electron chi connectivity index (χ2n) is 9.17. The minimum absolute atomic E-state index is 0.169. The Labute approximate surface area is 207 Å². The number of nitriles is 2. The molecule has 176 valence electrons. The van der Waals surface area contributed by atoms with E-state index in [4.69, 9.17) is 0 Å². The van der Waals surface area contributed by atoms with Gasteiger partial charge in [-0.1, -0.05) is 42.0 Å². The maximum absolute atomic E-state index is 14.3. The number of carbonyl (C=O) groups is 1. The van der Waals surface area contributed by atoms with Gasteiger partial charge in [0.05, 0.1) is 34.5 Å². The van der Waals surface area contributed by atoms with Gasteiger partial charge >= 0.3 is 0 Å². The van der Waals surface area contributed by atoms with Crippen LogP contribution >= 0.6 is 0 Å². The quantitative estimate of drug-likeness (QED) is 0.299. The maximum Gasteiger partial charge on any atom is 0.269 e. The number of rotatable bonds is 4. The Balaban J connectivity index is 1.81. The molecule has 0 bridgehead atoms. The second-order valence-corrected chi connectivity index (χ2v) is 9.17. The zero-order valence-electron chi connectivity index (χ0n) is 19.6. The van der Waals surface area contributed by atoms with E-state index in [-0.39, 0.29) is 11.5 Å². The van der Waals surface area contributed by atoms with Crippen LogP contribution in [-0.4, -0.2) is 27.8 Å². The lowest BCUT2D eigenvalue weighted by Crippen LogP contribution is -2.44. The van der Waals surface area contributed by atoms with Gasteiger partial charge < -0.3 is 4.90 Å². The summed E-state index contributed by atoms with van der Waals surface area (Å²) in [5, 5.41) is 32.5. The molecular weight excluding hydrogens is 454 g/mol. The Morgan fingerprint density at radius 2 is 1.89 bits per heavy atom. The van der Waals surface area contributed by atoms with Gasteiger partial charge in [0.15, 0.2) is 11.2 Å². The molecule has 0 unspecified atom stereocenters. The number of pyridine rings is 1. The van der Waals surface area contributed by atoms with Crippen LogP contribution in [0, 0.1) is 52.0 Å². The fraction of sp³-hybridized carbons (Fsp3) is 0.214. The Morgan fingerprint density at radius 3 is 2.58 bits per heavy atom.